The molecule has 0 radical (unpaired) electrons. The molecule has 0 saturated heterocycles. The van der Waals surface area contributed by atoms with Crippen molar-refractivity contribution in [1.82, 2.24) is 0 Å². The summed E-state index contributed by atoms with van der Waals surface area (Å²) in [5.41, 5.74) is 8.57. The molecule has 90 valence electrons. The van der Waals surface area contributed by atoms with Crippen LogP contribution in [0, 0.1) is 5.92 Å². The van der Waals surface area contributed by atoms with E-state index >= 15 is 0 Å². The Balaban J connectivity index is 2.00. The molecule has 3 rings (SSSR count). The lowest BCUT2D eigenvalue weighted by molar-refractivity contribution is 0.1000. The van der Waals surface area contributed by atoms with E-state index in [0.29, 0.717) is 11.5 Å². The quantitative estimate of drug-likeness (QED) is 0.844. The molecule has 0 spiro atoms. The summed E-state index contributed by atoms with van der Waals surface area (Å²) in [6, 6.07) is 6.63. The van der Waals surface area contributed by atoms with Crippen LogP contribution in [-0.4, -0.2) is 18.5 Å². The molecule has 2 aliphatic rings. The van der Waals surface area contributed by atoms with E-state index in [-0.39, 0.29) is 5.91 Å². The van der Waals surface area contributed by atoms with E-state index < -0.39 is 0 Å². The fourth-order valence-corrected chi connectivity index (χ4v) is 2.79. The van der Waals surface area contributed by atoms with Crippen molar-refractivity contribution < 1.29 is 4.79 Å². The molecule has 1 aromatic rings. The van der Waals surface area contributed by atoms with E-state index in [1.165, 1.54) is 24.1 Å². The van der Waals surface area contributed by atoms with Crippen molar-refractivity contribution in [2.45, 2.75) is 32.2 Å². The summed E-state index contributed by atoms with van der Waals surface area (Å²) < 4.78 is 0. The third kappa shape index (κ3) is 1.90. The minimum atomic E-state index is -0.330. The van der Waals surface area contributed by atoms with Crippen molar-refractivity contribution in [3.05, 3.63) is 29.3 Å². The van der Waals surface area contributed by atoms with Gasteiger partial charge in [0.2, 0.25) is 5.91 Å². The number of hydrogen-bond donors (Lipinski definition) is 1. The lowest BCUT2D eigenvalue weighted by Gasteiger charge is -2.35. The van der Waals surface area contributed by atoms with Crippen LogP contribution in [-0.2, 0) is 6.42 Å². The maximum absolute atomic E-state index is 11.2. The number of anilines is 1. The summed E-state index contributed by atoms with van der Waals surface area (Å²) >= 11 is 0. The second-order valence-electron chi connectivity index (χ2n) is 5.40. The van der Waals surface area contributed by atoms with Crippen LogP contribution in [0.1, 0.15) is 35.7 Å². The minimum absolute atomic E-state index is 0.330. The Kier molecular flexibility index (Phi) is 2.35. The molecule has 0 bridgehead atoms. The van der Waals surface area contributed by atoms with Crippen LogP contribution >= 0.6 is 0 Å². The Morgan fingerprint density at radius 3 is 2.82 bits per heavy atom. The van der Waals surface area contributed by atoms with Gasteiger partial charge in [0.1, 0.15) is 0 Å². The van der Waals surface area contributed by atoms with Crippen LogP contribution in [0.2, 0.25) is 0 Å². The third-order valence-corrected chi connectivity index (χ3v) is 3.74. The van der Waals surface area contributed by atoms with Crippen LogP contribution in [0.3, 0.4) is 0 Å². The number of primary amides is 1. The van der Waals surface area contributed by atoms with E-state index in [2.05, 4.69) is 17.9 Å². The van der Waals surface area contributed by atoms with Crippen molar-refractivity contribution in [2.24, 2.45) is 11.7 Å². The van der Waals surface area contributed by atoms with Gasteiger partial charge < -0.3 is 10.6 Å². The monoisotopic (exact) mass is 230 g/mol. The van der Waals surface area contributed by atoms with Gasteiger partial charge in [0, 0.05) is 23.8 Å². The van der Waals surface area contributed by atoms with Gasteiger partial charge in [-0.2, -0.15) is 0 Å². The van der Waals surface area contributed by atoms with Gasteiger partial charge >= 0.3 is 0 Å². The molecular formula is C14H18N2O. The third-order valence-electron chi connectivity index (χ3n) is 3.74. The number of carbonyl (C=O) groups is 1. The zero-order valence-corrected chi connectivity index (χ0v) is 10.1. The first-order valence-electron chi connectivity index (χ1n) is 6.34. The first-order chi connectivity index (χ1) is 8.15. The molecule has 2 N–H and O–H groups in total. The normalized spacial score (nSPS) is 23.4. The van der Waals surface area contributed by atoms with Gasteiger partial charge in [-0.1, -0.05) is 6.92 Å². The topological polar surface area (TPSA) is 46.3 Å². The maximum Gasteiger partial charge on any atom is 0.248 e. The smallest absolute Gasteiger partial charge is 0.248 e. The predicted octanol–water partition coefficient (Wildman–Crippen LogP) is 1.95. The second-order valence-corrected chi connectivity index (χ2v) is 5.40. The summed E-state index contributed by atoms with van der Waals surface area (Å²) in [4.78, 5) is 13.7. The largest absolute Gasteiger partial charge is 0.368 e. The summed E-state index contributed by atoms with van der Waals surface area (Å²) in [6.07, 6.45) is 3.67. The zero-order chi connectivity index (χ0) is 12.0. The van der Waals surface area contributed by atoms with Gasteiger partial charge in [-0.15, -0.1) is 0 Å². The number of nitrogens with two attached hydrogens (primary N) is 1. The molecule has 1 saturated carbocycles. The molecule has 1 atom stereocenters. The van der Waals surface area contributed by atoms with Crippen molar-refractivity contribution in [3.8, 4) is 0 Å². The van der Waals surface area contributed by atoms with Crippen LogP contribution in [0.5, 0.6) is 0 Å². The Labute approximate surface area is 102 Å². The maximum atomic E-state index is 11.2. The van der Waals surface area contributed by atoms with Crippen molar-refractivity contribution >= 4 is 11.6 Å². The zero-order valence-electron chi connectivity index (χ0n) is 10.1. The first kappa shape index (κ1) is 10.6. The molecular weight excluding hydrogens is 212 g/mol. The molecule has 1 heterocycles. The highest BCUT2D eigenvalue weighted by molar-refractivity contribution is 5.93. The summed E-state index contributed by atoms with van der Waals surface area (Å²) in [5, 5.41) is 0. The second kappa shape index (κ2) is 3.76. The highest BCUT2D eigenvalue weighted by Gasteiger charge is 2.33. The minimum Gasteiger partial charge on any atom is -0.368 e. The van der Waals surface area contributed by atoms with Crippen molar-refractivity contribution in [1.29, 1.82) is 0 Å². The number of hydrogen-bond acceptors (Lipinski definition) is 2. The van der Waals surface area contributed by atoms with Gasteiger partial charge in [0.15, 0.2) is 0 Å². The average molecular weight is 230 g/mol. The Morgan fingerprint density at radius 2 is 2.18 bits per heavy atom. The SMILES string of the molecule is CC1Cc2cc(C(N)=O)ccc2N(C2CC2)C1. The molecule has 1 amide bonds. The van der Waals surface area contributed by atoms with E-state index in [4.69, 9.17) is 5.73 Å². The molecule has 1 aliphatic heterocycles. The predicted molar refractivity (Wildman–Crippen MR) is 68.2 cm³/mol. The van der Waals surface area contributed by atoms with E-state index in [1.54, 1.807) is 0 Å². The van der Waals surface area contributed by atoms with Crippen LogP contribution in [0.15, 0.2) is 18.2 Å². The molecule has 17 heavy (non-hydrogen) atoms. The van der Waals surface area contributed by atoms with Gasteiger partial charge in [-0.25, -0.2) is 0 Å². The standard InChI is InChI=1S/C14H18N2O/c1-9-6-11-7-10(14(15)17)2-5-13(11)16(8-9)12-3-4-12/h2,5,7,9,12H,3-4,6,8H2,1H3,(H2,15,17). The number of rotatable bonds is 2. The Morgan fingerprint density at radius 1 is 1.41 bits per heavy atom. The number of carbonyl (C=O) groups excluding carboxylic acids is 1. The number of amides is 1. The van der Waals surface area contributed by atoms with Gasteiger partial charge in [0.05, 0.1) is 0 Å². The lowest BCUT2D eigenvalue weighted by Crippen LogP contribution is -2.36. The van der Waals surface area contributed by atoms with Crippen molar-refractivity contribution in [2.75, 3.05) is 11.4 Å². The van der Waals surface area contributed by atoms with Crippen LogP contribution < -0.4 is 10.6 Å². The molecule has 1 aromatic carbocycles. The molecule has 3 nitrogen and oxygen atoms in total. The Hall–Kier alpha value is -1.51. The fraction of sp³-hybridized carbons (Fsp3) is 0.500. The fourth-order valence-electron chi connectivity index (χ4n) is 2.79. The van der Waals surface area contributed by atoms with Crippen LogP contribution in [0.4, 0.5) is 5.69 Å². The number of benzene rings is 1. The molecule has 1 fully saturated rings. The highest BCUT2D eigenvalue weighted by atomic mass is 16.1. The lowest BCUT2D eigenvalue weighted by atomic mass is 9.92. The van der Waals surface area contributed by atoms with E-state index in [0.717, 1.165) is 19.0 Å². The average Bonchev–Trinajstić information content (AvgIpc) is 3.10. The first-order valence-corrected chi connectivity index (χ1v) is 6.34. The molecule has 1 aliphatic carbocycles. The Bertz CT molecular complexity index is 465. The number of fused-ring (bicyclic) bond motifs is 1. The molecule has 0 aromatic heterocycles. The van der Waals surface area contributed by atoms with E-state index in [9.17, 15) is 4.79 Å². The van der Waals surface area contributed by atoms with Gasteiger partial charge in [-0.3, -0.25) is 4.79 Å². The summed E-state index contributed by atoms with van der Waals surface area (Å²) in [6.45, 7) is 3.42. The van der Waals surface area contributed by atoms with E-state index in [1.807, 2.05) is 12.1 Å². The highest BCUT2D eigenvalue weighted by Crippen LogP contribution is 2.38. The van der Waals surface area contributed by atoms with Gasteiger partial charge in [0.25, 0.3) is 0 Å². The van der Waals surface area contributed by atoms with Crippen molar-refractivity contribution in [3.63, 3.8) is 0 Å². The summed E-state index contributed by atoms with van der Waals surface area (Å²) in [5.74, 6) is 0.329. The summed E-state index contributed by atoms with van der Waals surface area (Å²) in [7, 11) is 0. The van der Waals surface area contributed by atoms with Gasteiger partial charge in [-0.05, 0) is 48.9 Å². The number of nitrogens with zero attached hydrogens (tertiary/aromatic N) is 1. The molecule has 3 heteroatoms. The molecule has 1 unspecified atom stereocenters. The van der Waals surface area contributed by atoms with Crippen LogP contribution in [0.25, 0.3) is 0 Å².